The number of benzene rings is 1. The van der Waals surface area contributed by atoms with Gasteiger partial charge in [-0.3, -0.25) is 4.90 Å². The van der Waals surface area contributed by atoms with E-state index in [4.69, 9.17) is 10.2 Å². The summed E-state index contributed by atoms with van der Waals surface area (Å²) in [5.41, 5.74) is -0.472. The van der Waals surface area contributed by atoms with Crippen molar-refractivity contribution in [2.24, 2.45) is 0 Å². The molecule has 1 heterocycles. The molecule has 0 aromatic heterocycles. The van der Waals surface area contributed by atoms with Crippen molar-refractivity contribution in [2.75, 3.05) is 6.61 Å². The number of halogens is 3. The first-order chi connectivity index (χ1) is 8.95. The van der Waals surface area contributed by atoms with Crippen molar-refractivity contribution in [3.8, 4) is 0 Å². The molecule has 0 bridgehead atoms. The van der Waals surface area contributed by atoms with E-state index in [1.54, 1.807) is 0 Å². The van der Waals surface area contributed by atoms with E-state index in [0.717, 1.165) is 4.90 Å². The van der Waals surface area contributed by atoms with Crippen molar-refractivity contribution in [1.29, 1.82) is 0 Å². The maximum absolute atomic E-state index is 13.7. The molecule has 1 amide bonds. The molecule has 1 aliphatic heterocycles. The highest BCUT2D eigenvalue weighted by Crippen LogP contribution is 2.38. The van der Waals surface area contributed by atoms with Gasteiger partial charge >= 0.3 is 6.09 Å². The summed E-state index contributed by atoms with van der Waals surface area (Å²) in [5, 5.41) is 18.2. The highest BCUT2D eigenvalue weighted by molar-refractivity contribution is 5.67. The van der Waals surface area contributed by atoms with Gasteiger partial charge in [0.25, 0.3) is 0 Å². The van der Waals surface area contributed by atoms with E-state index in [-0.39, 0.29) is 6.42 Å². The molecule has 1 saturated heterocycles. The Bertz CT molecular complexity index is 486. The number of likely N-dealkylation sites (tertiary alicyclic amines) is 1. The van der Waals surface area contributed by atoms with Gasteiger partial charge in [-0.2, -0.15) is 0 Å². The van der Waals surface area contributed by atoms with Crippen LogP contribution in [0.5, 0.6) is 0 Å². The molecular weight excluding hydrogens is 263 g/mol. The van der Waals surface area contributed by atoms with Crippen molar-refractivity contribution in [3.05, 3.63) is 35.1 Å². The molecule has 1 aromatic rings. The Kier molecular flexibility index (Phi) is 3.66. The van der Waals surface area contributed by atoms with Gasteiger partial charge in [0.15, 0.2) is 0 Å². The van der Waals surface area contributed by atoms with Crippen molar-refractivity contribution in [2.45, 2.75) is 24.9 Å². The van der Waals surface area contributed by atoms with Crippen LogP contribution in [0.1, 0.15) is 24.4 Å². The maximum atomic E-state index is 13.7. The number of hydrogen-bond acceptors (Lipinski definition) is 2. The Morgan fingerprint density at radius 1 is 1.26 bits per heavy atom. The average Bonchev–Trinajstić information content (AvgIpc) is 2.71. The van der Waals surface area contributed by atoms with Crippen LogP contribution < -0.4 is 0 Å². The summed E-state index contributed by atoms with van der Waals surface area (Å²) in [5.74, 6) is -3.29. The average molecular weight is 275 g/mol. The molecular formula is C12H12F3NO3. The van der Waals surface area contributed by atoms with Crippen LogP contribution in [0, 0.1) is 17.5 Å². The van der Waals surface area contributed by atoms with Crippen LogP contribution in [0.2, 0.25) is 0 Å². The van der Waals surface area contributed by atoms with E-state index in [1.807, 2.05) is 0 Å². The van der Waals surface area contributed by atoms with Crippen molar-refractivity contribution >= 4 is 6.09 Å². The predicted octanol–water partition coefficient (Wildman–Crippen LogP) is 2.28. The predicted molar refractivity (Wildman–Crippen MR) is 59.0 cm³/mol. The smallest absolute Gasteiger partial charge is 0.408 e. The third-order valence-electron chi connectivity index (χ3n) is 3.31. The third kappa shape index (κ3) is 2.37. The molecule has 0 spiro atoms. The van der Waals surface area contributed by atoms with Gasteiger partial charge in [-0.05, 0) is 12.8 Å². The van der Waals surface area contributed by atoms with Gasteiger partial charge in [0.2, 0.25) is 0 Å². The summed E-state index contributed by atoms with van der Waals surface area (Å²) in [6, 6.07) is -0.711. The SMILES string of the molecule is O=C(O)N1[C@@H](CO)CC[C@H]1c1c(F)cc(F)cc1F. The molecule has 2 N–H and O–H groups in total. The first kappa shape index (κ1) is 13.7. The number of hydrogen-bond donors (Lipinski definition) is 2. The van der Waals surface area contributed by atoms with Crippen LogP contribution in [0.15, 0.2) is 12.1 Å². The van der Waals surface area contributed by atoms with E-state index in [9.17, 15) is 18.0 Å². The Balaban J connectivity index is 2.44. The molecule has 104 valence electrons. The van der Waals surface area contributed by atoms with E-state index < -0.39 is 47.8 Å². The number of nitrogens with zero attached hydrogens (tertiary/aromatic N) is 1. The first-order valence-corrected chi connectivity index (χ1v) is 5.72. The standard InChI is InChI=1S/C12H12F3NO3/c13-6-3-8(14)11(9(15)4-6)10-2-1-7(5-17)16(10)12(18)19/h3-4,7,10,17H,1-2,5H2,(H,18,19)/t7-,10+/m1/s1. The monoisotopic (exact) mass is 275 g/mol. The largest absolute Gasteiger partial charge is 0.465 e. The number of aliphatic hydroxyl groups is 1. The lowest BCUT2D eigenvalue weighted by Crippen LogP contribution is -2.38. The molecule has 1 aliphatic rings. The van der Waals surface area contributed by atoms with Gasteiger partial charge in [0.1, 0.15) is 17.5 Å². The topological polar surface area (TPSA) is 60.8 Å². The molecule has 0 radical (unpaired) electrons. The summed E-state index contributed by atoms with van der Waals surface area (Å²) >= 11 is 0. The Labute approximate surface area is 107 Å². The zero-order valence-electron chi connectivity index (χ0n) is 9.81. The second-order valence-corrected chi connectivity index (χ2v) is 4.40. The van der Waals surface area contributed by atoms with Crippen molar-refractivity contribution < 1.29 is 28.2 Å². The van der Waals surface area contributed by atoms with Gasteiger partial charge in [0, 0.05) is 17.7 Å². The van der Waals surface area contributed by atoms with Crippen LogP contribution in [-0.4, -0.2) is 33.9 Å². The zero-order valence-corrected chi connectivity index (χ0v) is 9.81. The van der Waals surface area contributed by atoms with Gasteiger partial charge in [0.05, 0.1) is 18.7 Å². The molecule has 0 unspecified atom stereocenters. The van der Waals surface area contributed by atoms with Gasteiger partial charge in [-0.1, -0.05) is 0 Å². The van der Waals surface area contributed by atoms with E-state index >= 15 is 0 Å². The molecule has 1 fully saturated rings. The number of amides is 1. The molecule has 19 heavy (non-hydrogen) atoms. The summed E-state index contributed by atoms with van der Waals surface area (Å²) < 4.78 is 40.2. The van der Waals surface area contributed by atoms with E-state index in [1.165, 1.54) is 0 Å². The van der Waals surface area contributed by atoms with E-state index in [0.29, 0.717) is 18.6 Å². The molecule has 7 heteroatoms. The second-order valence-electron chi connectivity index (χ2n) is 4.40. The van der Waals surface area contributed by atoms with Gasteiger partial charge < -0.3 is 10.2 Å². The quantitative estimate of drug-likeness (QED) is 0.870. The lowest BCUT2D eigenvalue weighted by molar-refractivity contribution is 0.0982. The third-order valence-corrected chi connectivity index (χ3v) is 3.31. The fourth-order valence-electron chi connectivity index (χ4n) is 2.51. The molecule has 1 aromatic carbocycles. The highest BCUT2D eigenvalue weighted by Gasteiger charge is 2.40. The highest BCUT2D eigenvalue weighted by atomic mass is 19.1. The van der Waals surface area contributed by atoms with Crippen LogP contribution in [0.3, 0.4) is 0 Å². The lowest BCUT2D eigenvalue weighted by atomic mass is 10.0. The summed E-state index contributed by atoms with van der Waals surface area (Å²) in [7, 11) is 0. The lowest BCUT2D eigenvalue weighted by Gasteiger charge is -2.27. The van der Waals surface area contributed by atoms with Crippen LogP contribution >= 0.6 is 0 Å². The first-order valence-electron chi connectivity index (χ1n) is 5.72. The number of carboxylic acid groups (broad SMARTS) is 1. The Morgan fingerprint density at radius 2 is 1.84 bits per heavy atom. The summed E-state index contributed by atoms with van der Waals surface area (Å²) in [6.45, 7) is -0.423. The minimum atomic E-state index is -1.37. The molecule has 0 aliphatic carbocycles. The van der Waals surface area contributed by atoms with E-state index in [2.05, 4.69) is 0 Å². The van der Waals surface area contributed by atoms with Crippen molar-refractivity contribution in [1.82, 2.24) is 4.90 Å². The van der Waals surface area contributed by atoms with Crippen molar-refractivity contribution in [3.63, 3.8) is 0 Å². The minimum Gasteiger partial charge on any atom is -0.465 e. The minimum absolute atomic E-state index is 0.178. The zero-order chi connectivity index (χ0) is 14.2. The van der Waals surface area contributed by atoms with Gasteiger partial charge in [-0.25, -0.2) is 18.0 Å². The maximum Gasteiger partial charge on any atom is 0.408 e. The molecule has 4 nitrogen and oxygen atoms in total. The van der Waals surface area contributed by atoms with Gasteiger partial charge in [-0.15, -0.1) is 0 Å². The normalized spacial score (nSPS) is 22.8. The molecule has 0 saturated carbocycles. The fourth-order valence-corrected chi connectivity index (χ4v) is 2.51. The van der Waals surface area contributed by atoms with Crippen LogP contribution in [0.4, 0.5) is 18.0 Å². The number of rotatable bonds is 2. The number of carbonyl (C=O) groups is 1. The van der Waals surface area contributed by atoms with Crippen LogP contribution in [0.25, 0.3) is 0 Å². The number of aliphatic hydroxyl groups excluding tert-OH is 1. The summed E-state index contributed by atoms with van der Waals surface area (Å²) in [4.78, 5) is 12.0. The summed E-state index contributed by atoms with van der Waals surface area (Å²) in [6.07, 6.45) is -0.898. The Morgan fingerprint density at radius 3 is 2.32 bits per heavy atom. The molecule has 2 atom stereocenters. The fraction of sp³-hybridized carbons (Fsp3) is 0.417. The van der Waals surface area contributed by atoms with Crippen LogP contribution in [-0.2, 0) is 0 Å². The Hall–Kier alpha value is -1.76. The second kappa shape index (κ2) is 5.08. The molecule has 2 rings (SSSR count).